The molecule has 0 N–H and O–H groups in total. The second kappa shape index (κ2) is 10.7. The van der Waals surface area contributed by atoms with Gasteiger partial charge < -0.3 is 0 Å². The molecular weight excluding hydrogens is 450 g/mol. The molecule has 0 aromatic heterocycles. The molecule has 4 aromatic rings. The zero-order valence-corrected chi connectivity index (χ0v) is 19.5. The Bertz CT molecular complexity index is 1400. The number of nitrogens with zero attached hydrogens (tertiary/aromatic N) is 1. The Morgan fingerprint density at radius 3 is 2.00 bits per heavy atom. The van der Waals surface area contributed by atoms with Crippen molar-refractivity contribution in [2.24, 2.45) is 0 Å². The third-order valence-electron chi connectivity index (χ3n) is 6.34. The molecule has 0 unspecified atom stereocenters. The number of nitriles is 1. The van der Waals surface area contributed by atoms with E-state index in [1.165, 1.54) is 24.3 Å². The lowest BCUT2D eigenvalue weighted by Gasteiger charge is -2.10. The van der Waals surface area contributed by atoms with Crippen LogP contribution in [-0.4, -0.2) is 0 Å². The van der Waals surface area contributed by atoms with Crippen LogP contribution in [0.3, 0.4) is 0 Å². The number of benzene rings is 4. The van der Waals surface area contributed by atoms with Crippen molar-refractivity contribution in [2.45, 2.75) is 45.4 Å². The van der Waals surface area contributed by atoms with E-state index in [0.29, 0.717) is 53.1 Å². The van der Waals surface area contributed by atoms with Crippen LogP contribution in [0.4, 0.5) is 17.6 Å². The summed E-state index contributed by atoms with van der Waals surface area (Å²) in [7, 11) is 0. The standard InChI is InChI=1S/C30H25F4N/c1-2-3-21-16-28(32)26(29(33)17-21)13-7-19-6-12-25-23(14-19)11-10-22(30(25)34)8-4-20-5-9-24(18-35)27(31)15-20/h5-6,9-12,14-17H,2-4,7-8,13H2,1H3. The van der Waals surface area contributed by atoms with Crippen molar-refractivity contribution >= 4 is 10.8 Å². The van der Waals surface area contributed by atoms with Gasteiger partial charge in [-0.2, -0.15) is 5.26 Å². The molecule has 0 bridgehead atoms. The van der Waals surface area contributed by atoms with Crippen molar-refractivity contribution in [3.05, 3.63) is 117 Å². The number of aryl methyl sites for hydroxylation is 4. The Labute approximate surface area is 202 Å². The van der Waals surface area contributed by atoms with Gasteiger partial charge in [0.05, 0.1) is 5.56 Å². The van der Waals surface area contributed by atoms with E-state index in [1.807, 2.05) is 19.1 Å². The van der Waals surface area contributed by atoms with E-state index in [2.05, 4.69) is 0 Å². The Morgan fingerprint density at radius 2 is 1.31 bits per heavy atom. The molecule has 4 aromatic carbocycles. The van der Waals surface area contributed by atoms with Crippen LogP contribution in [0.2, 0.25) is 0 Å². The van der Waals surface area contributed by atoms with Gasteiger partial charge in [0.2, 0.25) is 0 Å². The maximum absolute atomic E-state index is 15.1. The van der Waals surface area contributed by atoms with Gasteiger partial charge in [0.15, 0.2) is 0 Å². The van der Waals surface area contributed by atoms with Crippen LogP contribution in [0.1, 0.15) is 46.7 Å². The van der Waals surface area contributed by atoms with Crippen LogP contribution in [-0.2, 0) is 32.1 Å². The summed E-state index contributed by atoms with van der Waals surface area (Å²) < 4.78 is 57.8. The SMILES string of the molecule is CCCc1cc(F)c(CCc2ccc3c(F)c(CCc4ccc(C#N)c(F)c4)ccc3c2)c(F)c1. The first-order chi connectivity index (χ1) is 16.9. The molecule has 178 valence electrons. The topological polar surface area (TPSA) is 23.8 Å². The molecule has 0 saturated carbocycles. The second-order valence-corrected chi connectivity index (χ2v) is 8.81. The van der Waals surface area contributed by atoms with E-state index in [1.54, 1.807) is 30.3 Å². The minimum Gasteiger partial charge on any atom is -0.207 e. The van der Waals surface area contributed by atoms with Crippen molar-refractivity contribution in [1.82, 2.24) is 0 Å². The lowest BCUT2D eigenvalue weighted by molar-refractivity contribution is 0.551. The summed E-state index contributed by atoms with van der Waals surface area (Å²) in [5.74, 6) is -1.95. The summed E-state index contributed by atoms with van der Waals surface area (Å²) in [4.78, 5) is 0. The molecule has 35 heavy (non-hydrogen) atoms. The number of hydrogen-bond acceptors (Lipinski definition) is 1. The normalized spacial score (nSPS) is 11.1. The quantitative estimate of drug-likeness (QED) is 0.239. The maximum atomic E-state index is 15.1. The van der Waals surface area contributed by atoms with E-state index in [-0.39, 0.29) is 23.4 Å². The van der Waals surface area contributed by atoms with Gasteiger partial charge in [0, 0.05) is 10.9 Å². The van der Waals surface area contributed by atoms with Crippen LogP contribution in [0.5, 0.6) is 0 Å². The molecule has 0 aliphatic carbocycles. The molecule has 0 aliphatic rings. The minimum atomic E-state index is -0.576. The average molecular weight is 476 g/mol. The largest absolute Gasteiger partial charge is 0.207 e. The van der Waals surface area contributed by atoms with E-state index in [4.69, 9.17) is 5.26 Å². The smallest absolute Gasteiger partial charge is 0.141 e. The molecule has 0 radical (unpaired) electrons. The van der Waals surface area contributed by atoms with Gasteiger partial charge in [0.1, 0.15) is 29.3 Å². The number of fused-ring (bicyclic) bond motifs is 1. The van der Waals surface area contributed by atoms with E-state index in [0.717, 1.165) is 12.0 Å². The molecule has 0 amide bonds. The molecule has 0 aliphatic heterocycles. The highest BCUT2D eigenvalue weighted by atomic mass is 19.1. The molecule has 0 atom stereocenters. The first kappa shape index (κ1) is 24.5. The van der Waals surface area contributed by atoms with Gasteiger partial charge in [-0.3, -0.25) is 0 Å². The molecular formula is C30H25F4N. The molecule has 4 rings (SSSR count). The highest BCUT2D eigenvalue weighted by molar-refractivity contribution is 5.84. The van der Waals surface area contributed by atoms with Gasteiger partial charge in [-0.25, -0.2) is 17.6 Å². The van der Waals surface area contributed by atoms with Crippen LogP contribution >= 0.6 is 0 Å². The predicted molar refractivity (Wildman–Crippen MR) is 130 cm³/mol. The first-order valence-electron chi connectivity index (χ1n) is 11.7. The molecule has 5 heteroatoms. The number of hydrogen-bond donors (Lipinski definition) is 0. The average Bonchev–Trinajstić information content (AvgIpc) is 2.83. The summed E-state index contributed by atoms with van der Waals surface area (Å²) in [6.07, 6.45) is 2.94. The van der Waals surface area contributed by atoms with Gasteiger partial charge in [-0.05, 0) is 84.0 Å². The highest BCUT2D eigenvalue weighted by Gasteiger charge is 2.13. The third-order valence-corrected chi connectivity index (χ3v) is 6.34. The summed E-state index contributed by atoms with van der Waals surface area (Å²) >= 11 is 0. The highest BCUT2D eigenvalue weighted by Crippen LogP contribution is 2.25. The van der Waals surface area contributed by atoms with Gasteiger partial charge in [-0.1, -0.05) is 49.7 Å². The van der Waals surface area contributed by atoms with E-state index >= 15 is 4.39 Å². The van der Waals surface area contributed by atoms with Crippen molar-refractivity contribution in [3.8, 4) is 6.07 Å². The van der Waals surface area contributed by atoms with Crippen molar-refractivity contribution in [3.63, 3.8) is 0 Å². The molecule has 1 nitrogen and oxygen atoms in total. The lowest BCUT2D eigenvalue weighted by atomic mass is 9.96. The fourth-order valence-corrected chi connectivity index (χ4v) is 4.42. The van der Waals surface area contributed by atoms with Gasteiger partial charge >= 0.3 is 0 Å². The zero-order valence-electron chi connectivity index (χ0n) is 19.5. The number of halogens is 4. The van der Waals surface area contributed by atoms with Crippen molar-refractivity contribution in [2.75, 3.05) is 0 Å². The Hall–Kier alpha value is -3.65. The van der Waals surface area contributed by atoms with Crippen molar-refractivity contribution in [1.29, 1.82) is 5.26 Å². The zero-order chi connectivity index (χ0) is 24.9. The van der Waals surface area contributed by atoms with Crippen LogP contribution in [0.25, 0.3) is 10.8 Å². The summed E-state index contributed by atoms with van der Waals surface area (Å²) in [6, 6.07) is 17.9. The summed E-state index contributed by atoms with van der Waals surface area (Å²) in [6.45, 7) is 1.96. The Kier molecular flexibility index (Phi) is 7.51. The second-order valence-electron chi connectivity index (χ2n) is 8.81. The van der Waals surface area contributed by atoms with Crippen LogP contribution in [0, 0.1) is 34.6 Å². The minimum absolute atomic E-state index is 0.0135. The monoisotopic (exact) mass is 475 g/mol. The predicted octanol–water partition coefficient (Wildman–Crippen LogP) is 7.79. The first-order valence-corrected chi connectivity index (χ1v) is 11.7. The maximum Gasteiger partial charge on any atom is 0.141 e. The van der Waals surface area contributed by atoms with Gasteiger partial charge in [0.25, 0.3) is 0 Å². The van der Waals surface area contributed by atoms with E-state index < -0.39 is 17.5 Å². The molecule has 0 heterocycles. The fourth-order valence-electron chi connectivity index (χ4n) is 4.42. The molecule has 0 saturated heterocycles. The van der Waals surface area contributed by atoms with Gasteiger partial charge in [-0.15, -0.1) is 0 Å². The Morgan fingerprint density at radius 1 is 0.657 bits per heavy atom. The van der Waals surface area contributed by atoms with Crippen LogP contribution < -0.4 is 0 Å². The number of rotatable bonds is 8. The fraction of sp³-hybridized carbons (Fsp3) is 0.233. The summed E-state index contributed by atoms with van der Waals surface area (Å²) in [5.41, 5.74) is 2.80. The Balaban J connectivity index is 1.47. The third kappa shape index (κ3) is 5.54. The van der Waals surface area contributed by atoms with Crippen LogP contribution in [0.15, 0.2) is 60.7 Å². The lowest BCUT2D eigenvalue weighted by Crippen LogP contribution is -2.01. The van der Waals surface area contributed by atoms with Crippen molar-refractivity contribution < 1.29 is 17.6 Å². The molecule has 0 spiro atoms. The van der Waals surface area contributed by atoms with E-state index in [9.17, 15) is 13.2 Å². The molecule has 0 fully saturated rings. The summed E-state index contributed by atoms with van der Waals surface area (Å²) in [5, 5.41) is 10.0.